The van der Waals surface area contributed by atoms with Gasteiger partial charge in [-0.15, -0.1) is 0 Å². The first-order valence-corrected chi connectivity index (χ1v) is 12.1. The van der Waals surface area contributed by atoms with Crippen molar-refractivity contribution in [2.75, 3.05) is 26.2 Å². The Morgan fingerprint density at radius 2 is 1.05 bits per heavy atom. The molecule has 22 heavy (non-hydrogen) atoms. The fourth-order valence-corrected chi connectivity index (χ4v) is 3.29. The van der Waals surface area contributed by atoms with Gasteiger partial charge in [0, 0.05) is 26.2 Å². The molecule has 0 unspecified atom stereocenters. The minimum atomic E-state index is 0.899. The third-order valence-corrected chi connectivity index (χ3v) is 5.36. The molecule has 2 fully saturated rings. The Morgan fingerprint density at radius 3 is 1.23 bits per heavy atom. The third-order valence-electron chi connectivity index (χ3n) is 4.17. The van der Waals surface area contributed by atoms with Gasteiger partial charge < -0.3 is 0 Å². The first-order valence-electron chi connectivity index (χ1n) is 7.56. The molecule has 2 aliphatic rings. The molecule has 134 valence electrons. The van der Waals surface area contributed by atoms with Crippen LogP contribution in [0.2, 0.25) is 0 Å². The van der Waals surface area contributed by atoms with E-state index in [1.807, 2.05) is 0 Å². The summed E-state index contributed by atoms with van der Waals surface area (Å²) < 4.78 is 1.96. The molecule has 8 heteroatoms. The molecule has 2 saturated heterocycles. The Balaban J connectivity index is 0.000000360. The van der Waals surface area contributed by atoms with Crippen molar-refractivity contribution in [3.05, 3.63) is 0 Å². The van der Waals surface area contributed by atoms with E-state index in [0.717, 1.165) is 46.7 Å². The van der Waals surface area contributed by atoms with Crippen molar-refractivity contribution in [2.24, 2.45) is 11.8 Å². The molecular weight excluding hydrogens is 557 g/mol. The fourth-order valence-electron chi connectivity index (χ4n) is 2.44. The summed E-state index contributed by atoms with van der Waals surface area (Å²) in [6.07, 6.45) is 5.20. The molecule has 0 radical (unpaired) electrons. The Hall–Kier alpha value is 1.83. The van der Waals surface area contributed by atoms with Gasteiger partial charge in [-0.1, -0.05) is 13.8 Å². The molecule has 0 amide bonds. The Morgan fingerprint density at radius 1 is 0.818 bits per heavy atom. The van der Waals surface area contributed by atoms with E-state index in [9.17, 15) is 0 Å². The second-order valence-corrected chi connectivity index (χ2v) is 8.62. The number of nitrogens with zero attached hydrogens (tertiary/aromatic N) is 2. The van der Waals surface area contributed by atoms with Gasteiger partial charge in [0.25, 0.3) is 0 Å². The number of piperidine rings is 2. The quantitative estimate of drug-likeness (QED) is 0.180. The van der Waals surface area contributed by atoms with Gasteiger partial charge in [-0.25, -0.2) is 0 Å². The van der Waals surface area contributed by atoms with Gasteiger partial charge >= 0.3 is 37.8 Å². The molecule has 2 rings (SSSR count). The van der Waals surface area contributed by atoms with Gasteiger partial charge in [-0.05, 0) is 37.5 Å². The normalized spacial score (nSPS) is 21.2. The molecule has 0 aromatic carbocycles. The summed E-state index contributed by atoms with van der Waals surface area (Å²) in [7, 11) is 4.58. The van der Waals surface area contributed by atoms with Crippen molar-refractivity contribution < 1.29 is 20.0 Å². The second-order valence-electron chi connectivity index (χ2n) is 5.99. The number of likely N-dealkylation sites (tertiary alicyclic amines) is 2. The van der Waals surface area contributed by atoms with Gasteiger partial charge in [0.1, 0.15) is 0 Å². The number of hydrogen-bond acceptors (Lipinski definition) is 0. The first-order chi connectivity index (χ1) is 10.4. The molecule has 2 aliphatic heterocycles. The van der Waals surface area contributed by atoms with Gasteiger partial charge in [0.05, 0.1) is 25.3 Å². The van der Waals surface area contributed by atoms with E-state index in [1.54, 1.807) is 20.0 Å². The maximum atomic E-state index is 4.58. The van der Waals surface area contributed by atoms with Crippen molar-refractivity contribution in [3.63, 3.8) is 0 Å². The van der Waals surface area contributed by atoms with E-state index in [2.05, 4.69) is 82.5 Å². The maximum absolute atomic E-state index is 4.58. The standard InChI is InChI=1S/2C7H13NS2.Au.ClH/c2*1-6-2-4-8(5-3-6)7(9)10;;/h2*6H,2-5H2,1H3,(H,9,10);;1H/q;;+1;/p+3. The molecule has 0 atom stereocenters. The van der Waals surface area contributed by atoms with Crippen LogP contribution >= 0.6 is 9.19 Å². The Kier molecular flexibility index (Phi) is 15.2. The van der Waals surface area contributed by atoms with Crippen LogP contribution in [-0.4, -0.2) is 44.6 Å². The van der Waals surface area contributed by atoms with Gasteiger partial charge in [-0.3, -0.25) is 0 Å². The molecule has 0 N–H and O–H groups in total. The van der Waals surface area contributed by atoms with E-state index in [1.165, 1.54) is 25.7 Å². The average Bonchev–Trinajstić information content (AvgIpc) is 2.51. The molecule has 0 spiro atoms. The fraction of sp³-hybridized carbons (Fsp3) is 0.857. The zero-order valence-corrected chi connectivity index (χ0v) is 20.0. The van der Waals surface area contributed by atoms with Crippen molar-refractivity contribution in [1.82, 2.24) is 9.80 Å². The van der Waals surface area contributed by atoms with Crippen molar-refractivity contribution in [3.8, 4) is 0 Å². The summed E-state index contributed by atoms with van der Waals surface area (Å²) >= 11 is 17.0. The molecule has 0 saturated carbocycles. The van der Waals surface area contributed by atoms with Crippen LogP contribution in [0, 0.1) is 11.8 Å². The zero-order chi connectivity index (χ0) is 17.1. The Labute approximate surface area is 173 Å². The predicted molar refractivity (Wildman–Crippen MR) is 114 cm³/mol. The first kappa shape index (κ1) is 23.8. The summed E-state index contributed by atoms with van der Waals surface area (Å²) in [6, 6.07) is 0. The topological polar surface area (TPSA) is 6.48 Å². The molecule has 0 aromatic heterocycles. The van der Waals surface area contributed by atoms with Crippen LogP contribution in [0.4, 0.5) is 0 Å². The predicted octanol–water partition coefficient (Wildman–Crippen LogP) is 0.880. The van der Waals surface area contributed by atoms with Crippen LogP contribution in [0.25, 0.3) is 0 Å². The van der Waals surface area contributed by atoms with Crippen LogP contribution in [0.1, 0.15) is 39.5 Å². The van der Waals surface area contributed by atoms with Crippen LogP contribution in [0.5, 0.6) is 0 Å². The molecule has 0 aliphatic carbocycles. The average molecular weight is 587 g/mol. The van der Waals surface area contributed by atoms with Crippen LogP contribution in [0.15, 0.2) is 0 Å². The Bertz CT molecular complexity index is 299. The summed E-state index contributed by atoms with van der Waals surface area (Å²) in [5.41, 5.74) is 0. The van der Waals surface area contributed by atoms with E-state index < -0.39 is 0 Å². The summed E-state index contributed by atoms with van der Waals surface area (Å²) in [5.74, 6) is 1.80. The molecule has 0 bridgehead atoms. The van der Waals surface area contributed by atoms with E-state index in [4.69, 9.17) is 0 Å². The van der Waals surface area contributed by atoms with E-state index in [-0.39, 0.29) is 0 Å². The number of halogens is 1. The molecule has 2 nitrogen and oxygen atoms in total. The third kappa shape index (κ3) is 10.6. The van der Waals surface area contributed by atoms with Crippen molar-refractivity contribution in [1.29, 1.82) is 0 Å². The molecule has 0 aromatic rings. The number of hydrogen-bond donors (Lipinski definition) is 0. The minimum absolute atomic E-state index is 0.899. The van der Waals surface area contributed by atoms with Crippen LogP contribution in [-0.2, 0) is 69.7 Å². The van der Waals surface area contributed by atoms with Crippen molar-refractivity contribution >= 4 is 67.5 Å². The number of thiol groups is 2. The summed E-state index contributed by atoms with van der Waals surface area (Å²) in [4.78, 5) is 4.53. The van der Waals surface area contributed by atoms with E-state index in [0.29, 0.717) is 0 Å². The number of rotatable bonds is 0. The van der Waals surface area contributed by atoms with Crippen LogP contribution in [0.3, 0.4) is 0 Å². The zero-order valence-electron chi connectivity index (χ0n) is 13.3. The van der Waals surface area contributed by atoms with Gasteiger partial charge in [-0.2, -0.15) is 9.80 Å². The summed E-state index contributed by atoms with van der Waals surface area (Å²) in [5, 5.41) is 0. The van der Waals surface area contributed by atoms with Gasteiger partial charge in [0.2, 0.25) is 24.4 Å². The molecule has 2 heterocycles. The second kappa shape index (κ2) is 14.0. The van der Waals surface area contributed by atoms with Crippen molar-refractivity contribution in [2.45, 2.75) is 39.5 Å². The monoisotopic (exact) mass is 586 g/mol. The summed E-state index contributed by atoms with van der Waals surface area (Å²) in [6.45, 7) is 9.24. The van der Waals surface area contributed by atoms with Crippen LogP contribution < -0.4 is 0 Å². The van der Waals surface area contributed by atoms with E-state index >= 15 is 0 Å². The van der Waals surface area contributed by atoms with Gasteiger partial charge in [0.15, 0.2) is 0 Å². The molecular formula is C14H30AuClN2S4+4. The SMILES string of the molecule is CC1CCN(C(=[SH+])[SH2+])CC1.CC1CCN(C(=[SH+])[SH2+])CC1.[Cl][Au].